The van der Waals surface area contributed by atoms with Crippen molar-refractivity contribution in [2.75, 3.05) is 11.9 Å². The van der Waals surface area contributed by atoms with E-state index in [0.717, 1.165) is 32.6 Å². The lowest BCUT2D eigenvalue weighted by atomic mass is 10.1. The van der Waals surface area contributed by atoms with Crippen LogP contribution < -0.4 is 15.4 Å². The Hall–Kier alpha value is -3.08. The number of nitrogens with one attached hydrogen (secondary N) is 2. The maximum absolute atomic E-state index is 12.6. The van der Waals surface area contributed by atoms with Gasteiger partial charge in [-0.15, -0.1) is 10.2 Å². The zero-order valence-electron chi connectivity index (χ0n) is 17.5. The summed E-state index contributed by atoms with van der Waals surface area (Å²) in [7, 11) is 0. The van der Waals surface area contributed by atoms with E-state index in [9.17, 15) is 4.79 Å². The van der Waals surface area contributed by atoms with Crippen molar-refractivity contribution in [3.8, 4) is 16.3 Å². The summed E-state index contributed by atoms with van der Waals surface area (Å²) in [6.45, 7) is 6.17. The lowest BCUT2D eigenvalue weighted by Gasteiger charge is -2.14. The number of aryl methyl sites for hydroxylation is 1. The van der Waals surface area contributed by atoms with Gasteiger partial charge in [0.25, 0.3) is 5.91 Å². The first kappa shape index (κ1) is 22.1. The second-order valence-electron chi connectivity index (χ2n) is 6.81. The summed E-state index contributed by atoms with van der Waals surface area (Å²) in [5, 5.41) is 19.9. The summed E-state index contributed by atoms with van der Waals surface area (Å²) in [6.07, 6.45) is 0. The van der Waals surface area contributed by atoms with E-state index in [1.165, 1.54) is 11.3 Å². The van der Waals surface area contributed by atoms with Crippen molar-refractivity contribution in [2.24, 2.45) is 0 Å². The molecule has 0 aliphatic carbocycles. The van der Waals surface area contributed by atoms with Crippen LogP contribution in [0.1, 0.15) is 28.7 Å². The average molecular weight is 487 g/mol. The molecular weight excluding hydrogens is 468 g/mol. The monoisotopic (exact) mass is 486 g/mol. The Morgan fingerprint density at radius 1 is 1.25 bits per heavy atom. The van der Waals surface area contributed by atoms with Gasteiger partial charge in [-0.25, -0.2) is 0 Å². The predicted molar refractivity (Wildman–Crippen MR) is 130 cm³/mol. The van der Waals surface area contributed by atoms with Crippen molar-refractivity contribution in [3.05, 3.63) is 58.4 Å². The van der Waals surface area contributed by atoms with Crippen LogP contribution in [-0.4, -0.2) is 37.4 Å². The maximum Gasteiger partial charge on any atom is 0.257 e. The number of carbonyl (C=O) groups excluding carboxylic acids is 1. The summed E-state index contributed by atoms with van der Waals surface area (Å²) >= 11 is 13.0. The van der Waals surface area contributed by atoms with Crippen LogP contribution in [0.15, 0.2) is 36.4 Å². The van der Waals surface area contributed by atoms with E-state index in [-0.39, 0.29) is 11.0 Å². The van der Waals surface area contributed by atoms with E-state index in [2.05, 4.69) is 25.9 Å². The number of rotatable bonds is 5. The molecule has 2 heterocycles. The summed E-state index contributed by atoms with van der Waals surface area (Å²) in [5.74, 6) is 0.887. The number of benzene rings is 2. The van der Waals surface area contributed by atoms with Gasteiger partial charge in [0.2, 0.25) is 4.96 Å². The molecule has 0 spiro atoms. The number of nitrogens with zero attached hydrogens (tertiary/aromatic N) is 4. The Bertz CT molecular complexity index is 1330. The van der Waals surface area contributed by atoms with Crippen molar-refractivity contribution >= 4 is 56.8 Å². The van der Waals surface area contributed by atoms with Crippen LogP contribution >= 0.6 is 35.2 Å². The first-order chi connectivity index (χ1) is 15.4. The number of hydrogen-bond donors (Lipinski definition) is 2. The van der Waals surface area contributed by atoms with Gasteiger partial charge in [0, 0.05) is 16.8 Å². The minimum atomic E-state index is -0.370. The Morgan fingerprint density at radius 2 is 2.06 bits per heavy atom. The van der Waals surface area contributed by atoms with Gasteiger partial charge >= 0.3 is 0 Å². The highest BCUT2D eigenvalue weighted by molar-refractivity contribution is 7.80. The number of hydrogen-bond acceptors (Lipinski definition) is 7. The standard InChI is InChI=1S/C21H19ClN6O2S2/c1-4-30-17-9-8-13(10-15(17)22)18(29)24-20(31)23-16-7-5-6-14(11(16)2)19-27-28-12(3)25-26-21(28)32-19/h5-10H,4H2,1-3H3,(H2,23,24,29,31). The number of thiocarbonyl (C=S) groups is 1. The van der Waals surface area contributed by atoms with E-state index < -0.39 is 0 Å². The van der Waals surface area contributed by atoms with Crippen LogP contribution in [0.4, 0.5) is 5.69 Å². The van der Waals surface area contributed by atoms with Gasteiger partial charge in [-0.2, -0.15) is 9.61 Å². The van der Waals surface area contributed by atoms with Crippen LogP contribution in [-0.2, 0) is 0 Å². The first-order valence-electron chi connectivity index (χ1n) is 9.71. The van der Waals surface area contributed by atoms with E-state index in [4.69, 9.17) is 28.6 Å². The highest BCUT2D eigenvalue weighted by Gasteiger charge is 2.16. The van der Waals surface area contributed by atoms with E-state index in [1.54, 1.807) is 22.7 Å². The number of aromatic nitrogens is 4. The fourth-order valence-corrected chi connectivity index (χ4v) is 4.48. The molecule has 0 aliphatic rings. The van der Waals surface area contributed by atoms with Gasteiger partial charge < -0.3 is 10.1 Å². The molecule has 11 heteroatoms. The van der Waals surface area contributed by atoms with Crippen molar-refractivity contribution in [3.63, 3.8) is 0 Å². The molecule has 0 saturated heterocycles. The fourth-order valence-electron chi connectivity index (χ4n) is 3.07. The summed E-state index contributed by atoms with van der Waals surface area (Å²) in [6, 6.07) is 10.6. The van der Waals surface area contributed by atoms with Gasteiger partial charge in [-0.05, 0) is 62.8 Å². The van der Waals surface area contributed by atoms with E-state index in [0.29, 0.717) is 22.9 Å². The van der Waals surface area contributed by atoms with Crippen LogP contribution in [0.5, 0.6) is 5.75 Å². The topological polar surface area (TPSA) is 93.4 Å². The van der Waals surface area contributed by atoms with Crippen LogP contribution in [0.3, 0.4) is 0 Å². The molecule has 0 unspecified atom stereocenters. The van der Waals surface area contributed by atoms with E-state index >= 15 is 0 Å². The normalized spacial score (nSPS) is 10.9. The molecule has 1 amide bonds. The van der Waals surface area contributed by atoms with Gasteiger partial charge in [0.05, 0.1) is 11.6 Å². The average Bonchev–Trinajstić information content (AvgIpc) is 3.33. The minimum Gasteiger partial charge on any atom is -0.492 e. The zero-order valence-corrected chi connectivity index (χ0v) is 19.9. The van der Waals surface area contributed by atoms with Gasteiger partial charge in [0.15, 0.2) is 10.9 Å². The van der Waals surface area contributed by atoms with Gasteiger partial charge in [-0.3, -0.25) is 10.1 Å². The maximum atomic E-state index is 12.6. The largest absolute Gasteiger partial charge is 0.492 e. The number of ether oxygens (including phenoxy) is 1. The molecule has 164 valence electrons. The lowest BCUT2D eigenvalue weighted by Crippen LogP contribution is -2.34. The lowest BCUT2D eigenvalue weighted by molar-refractivity contribution is 0.0977. The summed E-state index contributed by atoms with van der Waals surface area (Å²) in [5.41, 5.74) is 3.02. The second-order valence-corrected chi connectivity index (χ2v) is 8.58. The molecular formula is C21H19ClN6O2S2. The van der Waals surface area contributed by atoms with Crippen LogP contribution in [0, 0.1) is 13.8 Å². The van der Waals surface area contributed by atoms with Crippen molar-refractivity contribution in [1.82, 2.24) is 25.1 Å². The molecule has 4 rings (SSSR count). The number of carbonyl (C=O) groups is 1. The number of fused-ring (bicyclic) bond motifs is 1. The predicted octanol–water partition coefficient (Wildman–Crippen LogP) is 4.65. The van der Waals surface area contributed by atoms with Crippen LogP contribution in [0.25, 0.3) is 15.5 Å². The highest BCUT2D eigenvalue weighted by Crippen LogP contribution is 2.31. The number of amides is 1. The summed E-state index contributed by atoms with van der Waals surface area (Å²) in [4.78, 5) is 13.3. The Balaban J connectivity index is 1.49. The smallest absolute Gasteiger partial charge is 0.257 e. The Labute approximate surface area is 198 Å². The molecule has 0 saturated carbocycles. The van der Waals surface area contributed by atoms with E-state index in [1.807, 2.05) is 39.0 Å². The van der Waals surface area contributed by atoms with Crippen molar-refractivity contribution in [2.45, 2.75) is 20.8 Å². The first-order valence-corrected chi connectivity index (χ1v) is 11.3. The molecule has 0 fully saturated rings. The van der Waals surface area contributed by atoms with Crippen molar-refractivity contribution in [1.29, 1.82) is 0 Å². The quantitative estimate of drug-likeness (QED) is 0.396. The molecule has 8 nitrogen and oxygen atoms in total. The third-order valence-electron chi connectivity index (χ3n) is 4.68. The number of halogens is 1. The van der Waals surface area contributed by atoms with Crippen LogP contribution in [0.2, 0.25) is 5.02 Å². The van der Waals surface area contributed by atoms with Gasteiger partial charge in [0.1, 0.15) is 10.8 Å². The Morgan fingerprint density at radius 3 is 2.78 bits per heavy atom. The minimum absolute atomic E-state index is 0.175. The molecule has 2 N–H and O–H groups in total. The number of anilines is 1. The van der Waals surface area contributed by atoms with Crippen molar-refractivity contribution < 1.29 is 9.53 Å². The molecule has 0 bridgehead atoms. The third-order valence-corrected chi connectivity index (χ3v) is 6.11. The second kappa shape index (κ2) is 9.19. The molecule has 0 radical (unpaired) electrons. The third kappa shape index (κ3) is 4.43. The SMILES string of the molecule is CCOc1ccc(C(=O)NC(=S)Nc2cccc(-c3nn4c(C)nnc4s3)c2C)cc1Cl. The fraction of sp³-hybridized carbons (Fsp3) is 0.190. The summed E-state index contributed by atoms with van der Waals surface area (Å²) < 4.78 is 7.11. The zero-order chi connectivity index (χ0) is 22.8. The molecule has 2 aromatic heterocycles. The highest BCUT2D eigenvalue weighted by atomic mass is 35.5. The Kier molecular flexibility index (Phi) is 6.35. The molecule has 0 atom stereocenters. The molecule has 4 aromatic rings. The molecule has 0 aliphatic heterocycles. The molecule has 32 heavy (non-hydrogen) atoms. The van der Waals surface area contributed by atoms with Gasteiger partial charge in [-0.1, -0.05) is 35.1 Å². The molecule has 2 aromatic carbocycles.